The summed E-state index contributed by atoms with van der Waals surface area (Å²) in [6, 6.07) is 3.55. The van der Waals surface area contributed by atoms with Gasteiger partial charge in [0.1, 0.15) is 11.4 Å². The number of carbonyl (C=O) groups is 1. The lowest BCUT2D eigenvalue weighted by atomic mass is 10.2. The number of aryl methyl sites for hydroxylation is 1. The minimum absolute atomic E-state index is 0.384. The molecule has 1 N–H and O–H groups in total. The van der Waals surface area contributed by atoms with Gasteiger partial charge in [-0.15, -0.1) is 12.3 Å². The monoisotopic (exact) mass is 231 g/mol. The van der Waals surface area contributed by atoms with Crippen molar-refractivity contribution in [1.82, 2.24) is 4.98 Å². The Morgan fingerprint density at radius 3 is 3.06 bits per heavy atom. The molecule has 88 valence electrons. The molecule has 0 unspecified atom stereocenters. The third kappa shape index (κ3) is 4.39. The molecule has 0 aliphatic heterocycles. The number of aliphatic carboxylic acids is 1. The van der Waals surface area contributed by atoms with Crippen LogP contribution in [0.15, 0.2) is 18.2 Å². The van der Waals surface area contributed by atoms with E-state index in [1.54, 1.807) is 12.1 Å². The first-order chi connectivity index (χ1) is 8.13. The third-order valence-corrected chi connectivity index (χ3v) is 1.91. The van der Waals surface area contributed by atoms with Crippen molar-refractivity contribution in [3.8, 4) is 18.1 Å². The Balaban J connectivity index is 2.88. The van der Waals surface area contributed by atoms with Gasteiger partial charge in [0.2, 0.25) is 0 Å². The van der Waals surface area contributed by atoms with Crippen molar-refractivity contribution in [2.75, 3.05) is 6.61 Å². The normalized spacial score (nSPS) is 10.1. The van der Waals surface area contributed by atoms with Crippen LogP contribution in [0.4, 0.5) is 0 Å². The van der Waals surface area contributed by atoms with Crippen molar-refractivity contribution in [2.24, 2.45) is 0 Å². The standard InChI is InChI=1S/C13H13NO3/c1-3-4-9-17-12-7-5-10(2)14-11(12)6-8-13(15)16/h1,5-8H,4,9H2,2H3,(H,15,16). The lowest BCUT2D eigenvalue weighted by Crippen LogP contribution is -2.00. The minimum Gasteiger partial charge on any atom is -0.490 e. The van der Waals surface area contributed by atoms with Crippen LogP contribution in [0.5, 0.6) is 5.75 Å². The summed E-state index contributed by atoms with van der Waals surface area (Å²) in [6.07, 6.45) is 8.04. The Morgan fingerprint density at radius 2 is 2.41 bits per heavy atom. The maximum absolute atomic E-state index is 10.4. The first-order valence-corrected chi connectivity index (χ1v) is 5.08. The number of aromatic nitrogens is 1. The molecule has 1 aromatic heterocycles. The van der Waals surface area contributed by atoms with E-state index in [9.17, 15) is 4.79 Å². The molecule has 0 fully saturated rings. The van der Waals surface area contributed by atoms with Crippen LogP contribution in [0.2, 0.25) is 0 Å². The Bertz CT molecular complexity index is 472. The molecule has 0 saturated carbocycles. The van der Waals surface area contributed by atoms with Crippen LogP contribution in [0, 0.1) is 19.3 Å². The SMILES string of the molecule is C#CCCOc1ccc(C)nc1C=CC(=O)O. The summed E-state index contributed by atoms with van der Waals surface area (Å²) < 4.78 is 5.42. The highest BCUT2D eigenvalue weighted by molar-refractivity contribution is 5.85. The van der Waals surface area contributed by atoms with E-state index in [4.69, 9.17) is 16.3 Å². The molecule has 0 aromatic carbocycles. The molecule has 1 rings (SSSR count). The topological polar surface area (TPSA) is 59.4 Å². The van der Waals surface area contributed by atoms with Gasteiger partial charge in [0.15, 0.2) is 0 Å². The van der Waals surface area contributed by atoms with Crippen LogP contribution in [-0.2, 0) is 4.79 Å². The Labute approximate surface area is 99.9 Å². The number of ether oxygens (including phenoxy) is 1. The summed E-state index contributed by atoms with van der Waals surface area (Å²) in [7, 11) is 0. The lowest BCUT2D eigenvalue weighted by Gasteiger charge is -2.07. The molecule has 4 nitrogen and oxygen atoms in total. The van der Waals surface area contributed by atoms with Crippen LogP contribution in [-0.4, -0.2) is 22.7 Å². The van der Waals surface area contributed by atoms with Crippen molar-refractivity contribution in [2.45, 2.75) is 13.3 Å². The van der Waals surface area contributed by atoms with Gasteiger partial charge < -0.3 is 9.84 Å². The third-order valence-electron chi connectivity index (χ3n) is 1.91. The number of rotatable bonds is 5. The summed E-state index contributed by atoms with van der Waals surface area (Å²) in [5.74, 6) is 1.97. The van der Waals surface area contributed by atoms with Crippen molar-refractivity contribution >= 4 is 12.0 Å². The van der Waals surface area contributed by atoms with Crippen molar-refractivity contribution in [1.29, 1.82) is 0 Å². The number of terminal acetylenes is 1. The van der Waals surface area contributed by atoms with E-state index in [-0.39, 0.29) is 0 Å². The summed E-state index contributed by atoms with van der Waals surface area (Å²) in [6.45, 7) is 2.21. The molecule has 4 heteroatoms. The van der Waals surface area contributed by atoms with Crippen LogP contribution in [0.3, 0.4) is 0 Å². The average Bonchev–Trinajstić information content (AvgIpc) is 2.29. The maximum Gasteiger partial charge on any atom is 0.328 e. The van der Waals surface area contributed by atoms with Gasteiger partial charge in [0, 0.05) is 18.2 Å². The highest BCUT2D eigenvalue weighted by Crippen LogP contribution is 2.18. The summed E-state index contributed by atoms with van der Waals surface area (Å²) in [5.41, 5.74) is 1.28. The van der Waals surface area contributed by atoms with Crippen LogP contribution in [0.1, 0.15) is 17.8 Å². The van der Waals surface area contributed by atoms with E-state index in [0.29, 0.717) is 24.5 Å². The van der Waals surface area contributed by atoms with Crippen molar-refractivity contribution in [3.05, 3.63) is 29.6 Å². The van der Waals surface area contributed by atoms with E-state index in [1.165, 1.54) is 6.08 Å². The molecule has 0 spiro atoms. The van der Waals surface area contributed by atoms with E-state index in [0.717, 1.165) is 11.8 Å². The quantitative estimate of drug-likeness (QED) is 0.477. The fourth-order valence-electron chi connectivity index (χ4n) is 1.18. The maximum atomic E-state index is 10.4. The summed E-state index contributed by atoms with van der Waals surface area (Å²) >= 11 is 0. The molecular weight excluding hydrogens is 218 g/mol. The molecule has 0 saturated heterocycles. The first-order valence-electron chi connectivity index (χ1n) is 5.08. The second kappa shape index (κ2) is 6.33. The predicted octanol–water partition coefficient (Wildman–Crippen LogP) is 1.89. The number of carboxylic acids is 1. The smallest absolute Gasteiger partial charge is 0.328 e. The number of nitrogens with zero attached hydrogens (tertiary/aromatic N) is 1. The molecule has 0 radical (unpaired) electrons. The van der Waals surface area contributed by atoms with Gasteiger partial charge in [-0.25, -0.2) is 9.78 Å². The molecular formula is C13H13NO3. The number of carboxylic acid groups (broad SMARTS) is 1. The van der Waals surface area contributed by atoms with Gasteiger partial charge in [-0.1, -0.05) is 0 Å². The second-order valence-electron chi connectivity index (χ2n) is 3.31. The molecule has 0 aliphatic rings. The zero-order valence-electron chi connectivity index (χ0n) is 9.51. The van der Waals surface area contributed by atoms with Gasteiger partial charge >= 0.3 is 5.97 Å². The van der Waals surface area contributed by atoms with Crippen LogP contribution in [0.25, 0.3) is 6.08 Å². The van der Waals surface area contributed by atoms with Gasteiger partial charge in [-0.3, -0.25) is 0 Å². The molecule has 0 atom stereocenters. The number of hydrogen-bond donors (Lipinski definition) is 1. The van der Waals surface area contributed by atoms with Crippen molar-refractivity contribution < 1.29 is 14.6 Å². The number of pyridine rings is 1. The van der Waals surface area contributed by atoms with E-state index < -0.39 is 5.97 Å². The summed E-state index contributed by atoms with van der Waals surface area (Å²) in [4.78, 5) is 14.6. The molecule has 1 heterocycles. The minimum atomic E-state index is -1.03. The zero-order valence-corrected chi connectivity index (χ0v) is 9.51. The predicted molar refractivity (Wildman–Crippen MR) is 64.6 cm³/mol. The second-order valence-corrected chi connectivity index (χ2v) is 3.31. The average molecular weight is 231 g/mol. The van der Waals surface area contributed by atoms with E-state index in [1.807, 2.05) is 6.92 Å². The molecule has 1 aromatic rings. The first kappa shape index (κ1) is 12.8. The van der Waals surface area contributed by atoms with Crippen LogP contribution >= 0.6 is 0 Å². The molecule has 0 aliphatic carbocycles. The highest BCUT2D eigenvalue weighted by atomic mass is 16.5. The van der Waals surface area contributed by atoms with Gasteiger partial charge in [-0.05, 0) is 25.1 Å². The molecule has 0 bridgehead atoms. The molecule has 17 heavy (non-hydrogen) atoms. The van der Waals surface area contributed by atoms with Crippen molar-refractivity contribution in [3.63, 3.8) is 0 Å². The molecule has 0 amide bonds. The largest absolute Gasteiger partial charge is 0.490 e. The number of hydrogen-bond acceptors (Lipinski definition) is 3. The Kier molecular flexibility index (Phi) is 4.77. The lowest BCUT2D eigenvalue weighted by molar-refractivity contribution is -0.131. The van der Waals surface area contributed by atoms with E-state index in [2.05, 4.69) is 10.9 Å². The Morgan fingerprint density at radius 1 is 1.65 bits per heavy atom. The summed E-state index contributed by atoms with van der Waals surface area (Å²) in [5, 5.41) is 8.57. The highest BCUT2D eigenvalue weighted by Gasteiger charge is 2.03. The van der Waals surface area contributed by atoms with E-state index >= 15 is 0 Å². The van der Waals surface area contributed by atoms with Crippen LogP contribution < -0.4 is 4.74 Å². The van der Waals surface area contributed by atoms with Gasteiger partial charge in [-0.2, -0.15) is 0 Å². The fraction of sp³-hybridized carbons (Fsp3) is 0.231. The fourth-order valence-corrected chi connectivity index (χ4v) is 1.18. The van der Waals surface area contributed by atoms with Gasteiger partial charge in [0.05, 0.1) is 6.61 Å². The van der Waals surface area contributed by atoms with Gasteiger partial charge in [0.25, 0.3) is 0 Å². The Hall–Kier alpha value is -2.28. The zero-order chi connectivity index (χ0) is 12.7.